The third-order valence-corrected chi connectivity index (χ3v) is 7.87. The van der Waals surface area contributed by atoms with Gasteiger partial charge in [-0.05, 0) is 41.8 Å². The molecule has 3 rings (SSSR count). The molecule has 1 amide bonds. The Morgan fingerprint density at radius 3 is 2.83 bits per heavy atom. The van der Waals surface area contributed by atoms with Crippen LogP contribution in [0.4, 0.5) is 0 Å². The number of carbonyl (C=O) groups is 1. The van der Waals surface area contributed by atoms with E-state index in [1.807, 2.05) is 17.5 Å². The smallest absolute Gasteiger partial charge is 0.254 e. The summed E-state index contributed by atoms with van der Waals surface area (Å²) in [6.07, 6.45) is 1.59. The summed E-state index contributed by atoms with van der Waals surface area (Å²) in [5.74, 6) is 0.470. The number of methoxy groups -OCH3 is 1. The normalized spacial score (nSPS) is 11.2. The first-order valence-electron chi connectivity index (χ1n) is 8.75. The lowest BCUT2D eigenvalue weighted by Crippen LogP contribution is -2.23. The zero-order chi connectivity index (χ0) is 20.7. The van der Waals surface area contributed by atoms with Gasteiger partial charge in [0.2, 0.25) is 0 Å². The maximum Gasteiger partial charge on any atom is 0.254 e. The van der Waals surface area contributed by atoms with Crippen molar-refractivity contribution in [2.75, 3.05) is 18.6 Å². The largest absolute Gasteiger partial charge is 0.497 e. The Labute approximate surface area is 178 Å². The highest BCUT2D eigenvalue weighted by Gasteiger charge is 2.17. The Kier molecular flexibility index (Phi) is 7.29. The number of amides is 1. The fourth-order valence-electron chi connectivity index (χ4n) is 2.51. The molecule has 1 aromatic carbocycles. The predicted molar refractivity (Wildman–Crippen MR) is 115 cm³/mol. The molecule has 0 aliphatic heterocycles. The van der Waals surface area contributed by atoms with E-state index in [1.165, 1.54) is 24.9 Å². The second kappa shape index (κ2) is 9.91. The van der Waals surface area contributed by atoms with Crippen LogP contribution in [0.25, 0.3) is 0 Å². The molecule has 1 N–H and O–H groups in total. The van der Waals surface area contributed by atoms with Crippen LogP contribution in [-0.2, 0) is 16.4 Å². The lowest BCUT2D eigenvalue weighted by atomic mass is 10.2. The summed E-state index contributed by atoms with van der Waals surface area (Å²) in [5, 5.41) is 5.34. The molecule has 9 heteroatoms. The number of hydrogen-bond acceptors (Lipinski definition) is 7. The summed E-state index contributed by atoms with van der Waals surface area (Å²) < 4.78 is 30.2. The highest BCUT2D eigenvalue weighted by atomic mass is 32.2. The number of carbonyl (C=O) groups excluding carboxylic acids is 1. The van der Waals surface area contributed by atoms with Gasteiger partial charge in [-0.25, -0.2) is 13.4 Å². The fourth-order valence-corrected chi connectivity index (χ4v) is 5.83. The lowest BCUT2D eigenvalue weighted by molar-refractivity contribution is 0.0947. The molecule has 2 heterocycles. The highest BCUT2D eigenvalue weighted by Crippen LogP contribution is 2.23. The quantitative estimate of drug-likeness (QED) is 0.503. The number of pyridine rings is 1. The molecule has 0 fully saturated rings. The van der Waals surface area contributed by atoms with Gasteiger partial charge in [-0.15, -0.1) is 23.1 Å². The van der Waals surface area contributed by atoms with Gasteiger partial charge in [0.25, 0.3) is 5.91 Å². The molecule has 0 saturated carbocycles. The van der Waals surface area contributed by atoms with Gasteiger partial charge in [0, 0.05) is 16.8 Å². The van der Waals surface area contributed by atoms with Crippen molar-refractivity contribution in [3.8, 4) is 5.75 Å². The van der Waals surface area contributed by atoms with Crippen molar-refractivity contribution < 1.29 is 17.9 Å². The van der Waals surface area contributed by atoms with Crippen LogP contribution in [0.5, 0.6) is 5.75 Å². The number of benzene rings is 1. The molecule has 152 valence electrons. The standard InChI is InChI=1S/C20H20N2O4S3/c1-26-15-5-2-7-17(13-15)29(24,25)12-11-28-20-18(8-3-9-21-20)19(23)22-14-16-6-4-10-27-16/h2-10,13H,11-12,14H2,1H3,(H,22,23). The lowest BCUT2D eigenvalue weighted by Gasteiger charge is -2.09. The van der Waals surface area contributed by atoms with Gasteiger partial charge in [0.05, 0.1) is 29.9 Å². The zero-order valence-electron chi connectivity index (χ0n) is 15.7. The van der Waals surface area contributed by atoms with Gasteiger partial charge in [-0.1, -0.05) is 12.1 Å². The summed E-state index contributed by atoms with van der Waals surface area (Å²) >= 11 is 2.82. The van der Waals surface area contributed by atoms with Gasteiger partial charge in [0.15, 0.2) is 9.84 Å². The van der Waals surface area contributed by atoms with Gasteiger partial charge < -0.3 is 10.1 Å². The SMILES string of the molecule is COc1cccc(S(=O)(=O)CCSc2ncccc2C(=O)NCc2cccs2)c1. The Balaban J connectivity index is 1.62. The number of sulfone groups is 1. The number of ether oxygens (including phenoxy) is 1. The molecule has 6 nitrogen and oxygen atoms in total. The summed E-state index contributed by atoms with van der Waals surface area (Å²) in [7, 11) is -1.97. The molecule has 0 saturated heterocycles. The molecule has 0 bridgehead atoms. The van der Waals surface area contributed by atoms with Gasteiger partial charge in [-0.2, -0.15) is 0 Å². The average molecular weight is 449 g/mol. The van der Waals surface area contributed by atoms with Crippen LogP contribution < -0.4 is 10.1 Å². The Hall–Kier alpha value is -2.36. The molecular formula is C20H20N2O4S3. The van der Waals surface area contributed by atoms with Crippen LogP contribution >= 0.6 is 23.1 Å². The van der Waals surface area contributed by atoms with Crippen molar-refractivity contribution in [1.29, 1.82) is 0 Å². The minimum atomic E-state index is -3.46. The molecular weight excluding hydrogens is 428 g/mol. The van der Waals surface area contributed by atoms with E-state index in [9.17, 15) is 13.2 Å². The van der Waals surface area contributed by atoms with Crippen molar-refractivity contribution in [2.45, 2.75) is 16.5 Å². The summed E-state index contributed by atoms with van der Waals surface area (Å²) in [6.45, 7) is 0.444. The van der Waals surface area contributed by atoms with Crippen molar-refractivity contribution in [1.82, 2.24) is 10.3 Å². The second-order valence-electron chi connectivity index (χ2n) is 5.96. The zero-order valence-corrected chi connectivity index (χ0v) is 18.1. The maximum atomic E-state index is 12.6. The second-order valence-corrected chi connectivity index (χ2v) is 10.2. The third kappa shape index (κ3) is 5.81. The third-order valence-electron chi connectivity index (χ3n) is 4.01. The predicted octanol–water partition coefficient (Wildman–Crippen LogP) is 3.65. The van der Waals surface area contributed by atoms with Crippen LogP contribution in [0.15, 0.2) is 70.0 Å². The van der Waals surface area contributed by atoms with Crippen LogP contribution in [0.3, 0.4) is 0 Å². The molecule has 2 aromatic heterocycles. The number of nitrogens with one attached hydrogen (secondary N) is 1. The van der Waals surface area contributed by atoms with Crippen molar-refractivity contribution in [3.63, 3.8) is 0 Å². The number of nitrogens with zero attached hydrogens (tertiary/aromatic N) is 1. The van der Waals surface area contributed by atoms with Gasteiger partial charge in [-0.3, -0.25) is 4.79 Å². The van der Waals surface area contributed by atoms with E-state index in [-0.39, 0.29) is 22.3 Å². The topological polar surface area (TPSA) is 85.4 Å². The summed E-state index contributed by atoms with van der Waals surface area (Å²) in [5.41, 5.74) is 0.438. The molecule has 0 spiro atoms. The maximum absolute atomic E-state index is 12.6. The Bertz CT molecular complexity index is 1070. The van der Waals surface area contributed by atoms with Crippen molar-refractivity contribution in [3.05, 3.63) is 70.5 Å². The Morgan fingerprint density at radius 1 is 1.21 bits per heavy atom. The van der Waals surface area contributed by atoms with Crippen molar-refractivity contribution in [2.24, 2.45) is 0 Å². The molecule has 0 radical (unpaired) electrons. The van der Waals surface area contributed by atoms with Crippen LogP contribution in [0.1, 0.15) is 15.2 Å². The van der Waals surface area contributed by atoms with E-state index in [2.05, 4.69) is 10.3 Å². The van der Waals surface area contributed by atoms with E-state index in [0.717, 1.165) is 4.88 Å². The van der Waals surface area contributed by atoms with Gasteiger partial charge in [0.1, 0.15) is 10.8 Å². The number of thioether (sulfide) groups is 1. The molecule has 0 aliphatic carbocycles. The highest BCUT2D eigenvalue weighted by molar-refractivity contribution is 8.00. The fraction of sp³-hybridized carbons (Fsp3) is 0.200. The first kappa shape index (κ1) is 21.4. The van der Waals surface area contributed by atoms with E-state index in [1.54, 1.807) is 47.9 Å². The van der Waals surface area contributed by atoms with Gasteiger partial charge >= 0.3 is 0 Å². The van der Waals surface area contributed by atoms with Crippen LogP contribution in [-0.4, -0.2) is 37.9 Å². The molecule has 0 aliphatic rings. The van der Waals surface area contributed by atoms with E-state index in [4.69, 9.17) is 4.74 Å². The molecule has 3 aromatic rings. The average Bonchev–Trinajstić information content (AvgIpc) is 3.26. The van der Waals surface area contributed by atoms with Crippen molar-refractivity contribution >= 4 is 38.8 Å². The number of thiophene rings is 1. The van der Waals surface area contributed by atoms with E-state index in [0.29, 0.717) is 22.9 Å². The first-order valence-corrected chi connectivity index (χ1v) is 12.3. The molecule has 0 atom stereocenters. The molecule has 0 unspecified atom stereocenters. The first-order chi connectivity index (χ1) is 14.0. The number of hydrogen-bond donors (Lipinski definition) is 1. The van der Waals surface area contributed by atoms with E-state index >= 15 is 0 Å². The Morgan fingerprint density at radius 2 is 2.07 bits per heavy atom. The van der Waals surface area contributed by atoms with Crippen LogP contribution in [0, 0.1) is 0 Å². The number of aromatic nitrogens is 1. The summed E-state index contributed by atoms with van der Waals surface area (Å²) in [6, 6.07) is 13.7. The minimum Gasteiger partial charge on any atom is -0.497 e. The van der Waals surface area contributed by atoms with E-state index < -0.39 is 9.84 Å². The number of rotatable bonds is 9. The molecule has 29 heavy (non-hydrogen) atoms. The minimum absolute atomic E-state index is 0.0718. The van der Waals surface area contributed by atoms with Crippen LogP contribution in [0.2, 0.25) is 0 Å². The summed E-state index contributed by atoms with van der Waals surface area (Å²) in [4.78, 5) is 18.0. The monoisotopic (exact) mass is 448 g/mol.